The zero-order valence-electron chi connectivity index (χ0n) is 13.3. The molecule has 0 heterocycles. The van der Waals surface area contributed by atoms with Crippen molar-refractivity contribution in [3.63, 3.8) is 0 Å². The van der Waals surface area contributed by atoms with Crippen molar-refractivity contribution >= 4 is 10.4 Å². The minimum Gasteiger partial charge on any atom is -0.304 e. The molecule has 0 atom stereocenters. The molecular formula is C12H32N2O4S. The Bertz CT molecular complexity index is 219. The maximum atomic E-state index is 8.74. The van der Waals surface area contributed by atoms with Gasteiger partial charge in [0.05, 0.1) is 0 Å². The van der Waals surface area contributed by atoms with Crippen LogP contribution in [0, 0.1) is 0 Å². The third kappa shape index (κ3) is 31.9. The van der Waals surface area contributed by atoms with E-state index in [9.17, 15) is 0 Å². The summed E-state index contributed by atoms with van der Waals surface area (Å²) in [7, 11) is -4.67. The third-order valence-corrected chi connectivity index (χ3v) is 2.68. The summed E-state index contributed by atoms with van der Waals surface area (Å²) in [5.74, 6) is 0. The first-order chi connectivity index (χ1) is 8.69. The average Bonchev–Trinajstić information content (AvgIpc) is 2.32. The van der Waals surface area contributed by atoms with Crippen LogP contribution in [0.5, 0.6) is 0 Å². The maximum Gasteiger partial charge on any atom is 0.394 e. The van der Waals surface area contributed by atoms with E-state index < -0.39 is 10.4 Å². The van der Waals surface area contributed by atoms with E-state index in [1.54, 1.807) is 0 Å². The molecule has 120 valence electrons. The third-order valence-electron chi connectivity index (χ3n) is 2.68. The second-order valence-electron chi connectivity index (χ2n) is 3.69. The highest BCUT2D eigenvalue weighted by atomic mass is 32.3. The molecular weight excluding hydrogens is 268 g/mol. The first-order valence-corrected chi connectivity index (χ1v) is 8.24. The van der Waals surface area contributed by atoms with Crippen LogP contribution in [0.15, 0.2) is 0 Å². The normalized spacial score (nSPS) is 10.6. The van der Waals surface area contributed by atoms with Crippen molar-refractivity contribution in [1.82, 2.24) is 9.80 Å². The summed E-state index contributed by atoms with van der Waals surface area (Å²) in [5.41, 5.74) is 0. The molecule has 0 aliphatic heterocycles. The van der Waals surface area contributed by atoms with E-state index in [2.05, 4.69) is 51.3 Å². The lowest BCUT2D eigenvalue weighted by Crippen LogP contribution is -2.21. The smallest absolute Gasteiger partial charge is 0.304 e. The molecule has 0 aromatic carbocycles. The molecule has 2 N–H and O–H groups in total. The largest absolute Gasteiger partial charge is 0.394 e. The molecule has 0 saturated carbocycles. The summed E-state index contributed by atoms with van der Waals surface area (Å²) in [6.07, 6.45) is 0. The van der Waals surface area contributed by atoms with E-state index in [0.29, 0.717) is 0 Å². The highest BCUT2D eigenvalue weighted by molar-refractivity contribution is 7.79. The van der Waals surface area contributed by atoms with Crippen LogP contribution in [-0.4, -0.2) is 66.6 Å². The molecule has 0 aliphatic rings. The molecule has 0 rings (SSSR count). The summed E-state index contributed by atoms with van der Waals surface area (Å²) in [6.45, 7) is 20.2. The maximum absolute atomic E-state index is 8.74. The van der Waals surface area contributed by atoms with Crippen molar-refractivity contribution in [2.45, 2.75) is 41.5 Å². The van der Waals surface area contributed by atoms with E-state index in [4.69, 9.17) is 17.5 Å². The first kappa shape index (κ1) is 23.9. The Kier molecular flexibility index (Phi) is 19.9. The van der Waals surface area contributed by atoms with Gasteiger partial charge in [-0.05, 0) is 39.3 Å². The Morgan fingerprint density at radius 1 is 0.632 bits per heavy atom. The second-order valence-corrected chi connectivity index (χ2v) is 4.58. The van der Waals surface area contributed by atoms with Crippen molar-refractivity contribution in [2.24, 2.45) is 0 Å². The minimum atomic E-state index is -4.67. The van der Waals surface area contributed by atoms with E-state index in [1.807, 2.05) is 0 Å². The van der Waals surface area contributed by atoms with Crippen LogP contribution < -0.4 is 0 Å². The van der Waals surface area contributed by atoms with E-state index in [1.165, 1.54) is 39.3 Å². The Labute approximate surface area is 119 Å². The fraction of sp³-hybridized carbons (Fsp3) is 1.00. The summed E-state index contributed by atoms with van der Waals surface area (Å²) in [5, 5.41) is 0. The zero-order chi connectivity index (χ0) is 15.9. The molecule has 19 heavy (non-hydrogen) atoms. The van der Waals surface area contributed by atoms with Crippen LogP contribution in [0.1, 0.15) is 41.5 Å². The topological polar surface area (TPSA) is 81.1 Å². The van der Waals surface area contributed by atoms with Crippen LogP contribution in [0.2, 0.25) is 0 Å². The fourth-order valence-corrected chi connectivity index (χ4v) is 1.34. The predicted octanol–water partition coefficient (Wildman–Crippen LogP) is 2.04. The van der Waals surface area contributed by atoms with E-state index >= 15 is 0 Å². The van der Waals surface area contributed by atoms with Crippen LogP contribution in [0.4, 0.5) is 0 Å². The summed E-state index contributed by atoms with van der Waals surface area (Å²) in [4.78, 5) is 4.75. The SMILES string of the molecule is CCN(CC)CC.CCN(CC)CC.O=S(=O)(O)O. The molecule has 7 heteroatoms. The van der Waals surface area contributed by atoms with E-state index in [0.717, 1.165) is 0 Å². The average molecular weight is 300 g/mol. The molecule has 0 radical (unpaired) electrons. The molecule has 0 bridgehead atoms. The Hall–Kier alpha value is -0.210. The van der Waals surface area contributed by atoms with Crippen LogP contribution in [0.25, 0.3) is 0 Å². The first-order valence-electron chi connectivity index (χ1n) is 6.84. The van der Waals surface area contributed by atoms with Crippen LogP contribution in [-0.2, 0) is 10.4 Å². The molecule has 0 aromatic rings. The monoisotopic (exact) mass is 300 g/mol. The van der Waals surface area contributed by atoms with Gasteiger partial charge >= 0.3 is 10.4 Å². The van der Waals surface area contributed by atoms with E-state index in [-0.39, 0.29) is 0 Å². The lowest BCUT2D eigenvalue weighted by atomic mass is 10.5. The summed E-state index contributed by atoms with van der Waals surface area (Å²) >= 11 is 0. The lowest BCUT2D eigenvalue weighted by Gasteiger charge is -2.13. The van der Waals surface area contributed by atoms with Gasteiger partial charge in [-0.1, -0.05) is 41.5 Å². The van der Waals surface area contributed by atoms with Gasteiger partial charge in [0.25, 0.3) is 0 Å². The molecule has 0 saturated heterocycles. The standard InChI is InChI=1S/2C6H15N.H2O4S/c2*1-4-7(5-2)6-3;1-5(2,3)4/h2*4-6H2,1-3H3;(H2,1,2,3,4). The summed E-state index contributed by atoms with van der Waals surface area (Å²) < 4.78 is 31.6. The van der Waals surface area contributed by atoms with Gasteiger partial charge in [-0.25, -0.2) is 0 Å². The number of nitrogens with zero attached hydrogens (tertiary/aromatic N) is 2. The molecule has 0 fully saturated rings. The molecule has 0 amide bonds. The van der Waals surface area contributed by atoms with Crippen molar-refractivity contribution < 1.29 is 17.5 Å². The molecule has 0 aliphatic carbocycles. The van der Waals surface area contributed by atoms with Gasteiger partial charge < -0.3 is 9.80 Å². The zero-order valence-corrected chi connectivity index (χ0v) is 14.1. The van der Waals surface area contributed by atoms with Gasteiger partial charge in [0.15, 0.2) is 0 Å². The highest BCUT2D eigenvalue weighted by Crippen LogP contribution is 1.82. The Balaban J connectivity index is -0.000000206. The van der Waals surface area contributed by atoms with Gasteiger partial charge in [0, 0.05) is 0 Å². The van der Waals surface area contributed by atoms with Crippen molar-refractivity contribution in [1.29, 1.82) is 0 Å². The number of rotatable bonds is 6. The highest BCUT2D eigenvalue weighted by Gasteiger charge is 1.89. The van der Waals surface area contributed by atoms with Gasteiger partial charge in [0.1, 0.15) is 0 Å². The van der Waals surface area contributed by atoms with Crippen LogP contribution in [0.3, 0.4) is 0 Å². The number of hydrogen-bond acceptors (Lipinski definition) is 4. The molecule has 0 spiro atoms. The number of hydrogen-bond donors (Lipinski definition) is 2. The van der Waals surface area contributed by atoms with Gasteiger partial charge in [-0.2, -0.15) is 8.42 Å². The Morgan fingerprint density at radius 2 is 0.737 bits per heavy atom. The summed E-state index contributed by atoms with van der Waals surface area (Å²) in [6, 6.07) is 0. The quantitative estimate of drug-likeness (QED) is 0.731. The van der Waals surface area contributed by atoms with Crippen LogP contribution >= 0.6 is 0 Å². The minimum absolute atomic E-state index is 1.19. The lowest BCUT2D eigenvalue weighted by molar-refractivity contribution is 0.321. The second kappa shape index (κ2) is 15.8. The molecule has 6 nitrogen and oxygen atoms in total. The molecule has 0 unspecified atom stereocenters. The van der Waals surface area contributed by atoms with Gasteiger partial charge in [0.2, 0.25) is 0 Å². The van der Waals surface area contributed by atoms with Gasteiger partial charge in [-0.15, -0.1) is 0 Å². The van der Waals surface area contributed by atoms with Gasteiger partial charge in [-0.3, -0.25) is 9.11 Å². The van der Waals surface area contributed by atoms with Crippen molar-refractivity contribution in [2.75, 3.05) is 39.3 Å². The molecule has 0 aromatic heterocycles. The van der Waals surface area contributed by atoms with Crippen molar-refractivity contribution in [3.05, 3.63) is 0 Å². The Morgan fingerprint density at radius 3 is 0.737 bits per heavy atom. The predicted molar refractivity (Wildman–Crippen MR) is 81.1 cm³/mol. The fourth-order valence-electron chi connectivity index (χ4n) is 1.34. The van der Waals surface area contributed by atoms with Crippen molar-refractivity contribution in [3.8, 4) is 0 Å².